The number of benzene rings is 1. The molecular formula is C12H15NO3. The summed E-state index contributed by atoms with van der Waals surface area (Å²) in [6.07, 6.45) is 0.887. The second-order valence-electron chi connectivity index (χ2n) is 4.09. The Labute approximate surface area is 94.0 Å². The van der Waals surface area contributed by atoms with E-state index in [1.165, 1.54) is 0 Å². The van der Waals surface area contributed by atoms with E-state index in [4.69, 9.17) is 15.6 Å². The molecule has 4 nitrogen and oxygen atoms in total. The van der Waals surface area contributed by atoms with Gasteiger partial charge in [0, 0.05) is 12.3 Å². The van der Waals surface area contributed by atoms with Crippen molar-refractivity contribution in [2.45, 2.75) is 25.3 Å². The van der Waals surface area contributed by atoms with Crippen molar-refractivity contribution in [3.05, 3.63) is 29.3 Å². The van der Waals surface area contributed by atoms with Crippen molar-refractivity contribution in [3.8, 4) is 5.75 Å². The molecule has 2 rings (SSSR count). The summed E-state index contributed by atoms with van der Waals surface area (Å²) >= 11 is 0. The van der Waals surface area contributed by atoms with Gasteiger partial charge in [-0.15, -0.1) is 0 Å². The average Bonchev–Trinajstić information content (AvgIpc) is 2.74. The number of carbonyl (C=O) groups is 1. The number of para-hydroxylation sites is 1. The topological polar surface area (TPSA) is 72.5 Å². The summed E-state index contributed by atoms with van der Waals surface area (Å²) in [6, 6.07) is 4.92. The van der Waals surface area contributed by atoms with Gasteiger partial charge in [0.25, 0.3) is 0 Å². The summed E-state index contributed by atoms with van der Waals surface area (Å²) in [6.45, 7) is 2.48. The van der Waals surface area contributed by atoms with Gasteiger partial charge in [-0.25, -0.2) is 0 Å². The van der Waals surface area contributed by atoms with Crippen LogP contribution in [0.4, 0.5) is 0 Å². The van der Waals surface area contributed by atoms with Crippen LogP contribution in [0.1, 0.15) is 24.0 Å². The third-order valence-electron chi connectivity index (χ3n) is 3.06. The molecule has 86 valence electrons. The van der Waals surface area contributed by atoms with Crippen LogP contribution in [-0.2, 0) is 11.2 Å². The van der Waals surface area contributed by atoms with Crippen LogP contribution >= 0.6 is 0 Å². The lowest BCUT2D eigenvalue weighted by Crippen LogP contribution is -2.35. The van der Waals surface area contributed by atoms with Gasteiger partial charge in [-0.1, -0.05) is 25.1 Å². The maximum Gasteiger partial charge on any atom is 0.321 e. The van der Waals surface area contributed by atoms with Crippen LogP contribution in [0.25, 0.3) is 0 Å². The zero-order valence-corrected chi connectivity index (χ0v) is 9.14. The Hall–Kier alpha value is -1.55. The zero-order valence-electron chi connectivity index (χ0n) is 9.14. The zero-order chi connectivity index (χ0) is 11.7. The van der Waals surface area contributed by atoms with E-state index in [0.29, 0.717) is 6.61 Å². The third kappa shape index (κ3) is 1.76. The van der Waals surface area contributed by atoms with Crippen LogP contribution in [0, 0.1) is 0 Å². The van der Waals surface area contributed by atoms with Crippen LogP contribution in [0.2, 0.25) is 0 Å². The van der Waals surface area contributed by atoms with E-state index < -0.39 is 12.0 Å². The number of aliphatic carboxylic acids is 1. The first-order valence-corrected chi connectivity index (χ1v) is 5.34. The number of carboxylic acids is 1. The fourth-order valence-electron chi connectivity index (χ4n) is 2.01. The first kappa shape index (κ1) is 11.0. The molecule has 0 bridgehead atoms. The molecule has 0 fully saturated rings. The van der Waals surface area contributed by atoms with Crippen LogP contribution < -0.4 is 10.5 Å². The van der Waals surface area contributed by atoms with Crippen LogP contribution in [-0.4, -0.2) is 23.7 Å². The quantitative estimate of drug-likeness (QED) is 0.802. The summed E-state index contributed by atoms with van der Waals surface area (Å²) in [4.78, 5) is 10.8. The Morgan fingerprint density at radius 3 is 3.00 bits per heavy atom. The van der Waals surface area contributed by atoms with Gasteiger partial charge in [-0.3, -0.25) is 4.79 Å². The Morgan fingerprint density at radius 2 is 2.31 bits per heavy atom. The van der Waals surface area contributed by atoms with Crippen molar-refractivity contribution in [1.29, 1.82) is 0 Å². The molecule has 0 aliphatic carbocycles. The minimum absolute atomic E-state index is 0.245. The molecular weight excluding hydrogens is 206 g/mol. The second-order valence-corrected chi connectivity index (χ2v) is 4.09. The second kappa shape index (κ2) is 4.14. The maximum atomic E-state index is 10.8. The fourth-order valence-corrected chi connectivity index (χ4v) is 2.01. The first-order chi connectivity index (χ1) is 7.61. The van der Waals surface area contributed by atoms with Gasteiger partial charge in [0.15, 0.2) is 0 Å². The Bertz CT molecular complexity index is 417. The van der Waals surface area contributed by atoms with Crippen molar-refractivity contribution >= 4 is 5.97 Å². The Kier molecular flexibility index (Phi) is 2.83. The highest BCUT2D eigenvalue weighted by molar-refractivity contribution is 5.75. The fraction of sp³-hybridized carbons (Fsp3) is 0.417. The summed E-state index contributed by atoms with van der Waals surface area (Å²) < 4.78 is 5.53. The molecule has 1 aromatic rings. The molecule has 0 aromatic heterocycles. The highest BCUT2D eigenvalue weighted by atomic mass is 16.5. The normalized spacial score (nSPS) is 17.4. The molecule has 3 N–H and O–H groups in total. The number of fused-ring (bicyclic) bond motifs is 1. The minimum atomic E-state index is -0.983. The van der Waals surface area contributed by atoms with Crippen molar-refractivity contribution in [2.75, 3.05) is 6.61 Å². The number of hydrogen-bond acceptors (Lipinski definition) is 3. The van der Waals surface area contributed by atoms with Gasteiger partial charge in [-0.05, 0) is 11.1 Å². The highest BCUT2D eigenvalue weighted by Crippen LogP contribution is 2.35. The lowest BCUT2D eigenvalue weighted by atomic mass is 9.91. The number of ether oxygens (including phenoxy) is 1. The molecule has 1 aromatic carbocycles. The van der Waals surface area contributed by atoms with Gasteiger partial charge in [0.2, 0.25) is 0 Å². The molecule has 0 saturated heterocycles. The van der Waals surface area contributed by atoms with Gasteiger partial charge in [0.1, 0.15) is 11.8 Å². The standard InChI is InChI=1S/C12H15NO3/c1-7(10(13)12(14)15)9-4-2-3-8-5-6-16-11(8)9/h2-4,7,10H,5-6,13H2,1H3,(H,14,15)/t7-,10+/m1/s1. The van der Waals surface area contributed by atoms with Crippen LogP contribution in [0.3, 0.4) is 0 Å². The van der Waals surface area contributed by atoms with Gasteiger partial charge in [-0.2, -0.15) is 0 Å². The third-order valence-corrected chi connectivity index (χ3v) is 3.06. The van der Waals surface area contributed by atoms with Gasteiger partial charge < -0.3 is 15.6 Å². The predicted octanol–water partition coefficient (Wildman–Crippen LogP) is 1.14. The minimum Gasteiger partial charge on any atom is -0.493 e. The van der Waals surface area contributed by atoms with Crippen LogP contribution in [0.15, 0.2) is 18.2 Å². The van der Waals surface area contributed by atoms with E-state index in [0.717, 1.165) is 23.3 Å². The van der Waals surface area contributed by atoms with Crippen LogP contribution in [0.5, 0.6) is 5.75 Å². The molecule has 1 aliphatic heterocycles. The van der Waals surface area contributed by atoms with Gasteiger partial charge in [0.05, 0.1) is 6.61 Å². The van der Waals surface area contributed by atoms with Crippen molar-refractivity contribution in [3.63, 3.8) is 0 Å². The van der Waals surface area contributed by atoms with Crippen molar-refractivity contribution in [2.24, 2.45) is 5.73 Å². The number of nitrogens with two attached hydrogens (primary N) is 1. The molecule has 0 saturated carbocycles. The molecule has 1 heterocycles. The number of rotatable bonds is 3. The molecule has 0 amide bonds. The number of carboxylic acid groups (broad SMARTS) is 1. The van der Waals surface area contributed by atoms with Crippen molar-refractivity contribution < 1.29 is 14.6 Å². The average molecular weight is 221 g/mol. The first-order valence-electron chi connectivity index (χ1n) is 5.34. The molecule has 0 radical (unpaired) electrons. The lowest BCUT2D eigenvalue weighted by molar-refractivity contribution is -0.139. The summed E-state index contributed by atoms with van der Waals surface area (Å²) in [5, 5.41) is 8.90. The monoisotopic (exact) mass is 221 g/mol. The van der Waals surface area contributed by atoms with E-state index in [2.05, 4.69) is 0 Å². The molecule has 2 atom stereocenters. The summed E-state index contributed by atoms with van der Waals surface area (Å²) in [7, 11) is 0. The van der Waals surface area contributed by atoms with Crippen molar-refractivity contribution in [1.82, 2.24) is 0 Å². The highest BCUT2D eigenvalue weighted by Gasteiger charge is 2.26. The lowest BCUT2D eigenvalue weighted by Gasteiger charge is -2.18. The Morgan fingerprint density at radius 1 is 1.56 bits per heavy atom. The maximum absolute atomic E-state index is 10.8. The largest absolute Gasteiger partial charge is 0.493 e. The summed E-state index contributed by atoms with van der Waals surface area (Å²) in [5.41, 5.74) is 7.67. The summed E-state index contributed by atoms with van der Waals surface area (Å²) in [5.74, 6) is -0.402. The Balaban J connectivity index is 2.34. The van der Waals surface area contributed by atoms with E-state index in [9.17, 15) is 4.79 Å². The predicted molar refractivity (Wildman–Crippen MR) is 59.7 cm³/mol. The van der Waals surface area contributed by atoms with E-state index in [1.54, 1.807) is 0 Å². The van der Waals surface area contributed by atoms with E-state index in [1.807, 2.05) is 25.1 Å². The number of hydrogen-bond donors (Lipinski definition) is 2. The molecule has 1 aliphatic rings. The molecule has 16 heavy (non-hydrogen) atoms. The van der Waals surface area contributed by atoms with E-state index >= 15 is 0 Å². The molecule has 4 heteroatoms. The SMILES string of the molecule is C[C@H](c1cccc2c1OCC2)[C@H](N)C(=O)O. The van der Waals surface area contributed by atoms with Gasteiger partial charge >= 0.3 is 5.97 Å². The molecule has 0 spiro atoms. The van der Waals surface area contributed by atoms with E-state index in [-0.39, 0.29) is 5.92 Å². The molecule has 0 unspecified atom stereocenters. The smallest absolute Gasteiger partial charge is 0.321 e.